The largest absolute Gasteiger partial charge is 0.393 e. The summed E-state index contributed by atoms with van der Waals surface area (Å²) in [4.78, 5) is 32.7. The third kappa shape index (κ3) is 3.34. The minimum atomic E-state index is -0.366. The Labute approximate surface area is 197 Å². The lowest BCUT2D eigenvalue weighted by Gasteiger charge is -2.31. The zero-order valence-electron chi connectivity index (χ0n) is 19.3. The van der Waals surface area contributed by atoms with Crippen LogP contribution in [0.5, 0.6) is 0 Å². The molecule has 3 aromatic rings. The first-order valence-electron chi connectivity index (χ1n) is 11.9. The van der Waals surface area contributed by atoms with Crippen LogP contribution in [0.1, 0.15) is 64.4 Å². The fourth-order valence-corrected chi connectivity index (χ4v) is 5.29. The van der Waals surface area contributed by atoms with Crippen LogP contribution in [0.25, 0.3) is 16.9 Å². The number of anilines is 1. The third-order valence-electron chi connectivity index (χ3n) is 7.51. The Morgan fingerprint density at radius 1 is 1.29 bits per heavy atom. The van der Waals surface area contributed by atoms with Crippen LogP contribution in [0.3, 0.4) is 0 Å². The number of carbonyl (C=O) groups excluding carboxylic acids is 2. The minimum Gasteiger partial charge on any atom is -0.393 e. The van der Waals surface area contributed by atoms with E-state index in [-0.39, 0.29) is 41.4 Å². The molecule has 4 N–H and O–H groups in total. The number of nitrogens with one attached hydrogen (secondary N) is 1. The van der Waals surface area contributed by atoms with E-state index in [4.69, 9.17) is 10.7 Å². The second-order valence-electron chi connectivity index (χ2n) is 9.98. The van der Waals surface area contributed by atoms with Crippen molar-refractivity contribution in [2.24, 2.45) is 5.92 Å². The topological polar surface area (TPSA) is 126 Å². The minimum absolute atomic E-state index is 0.0714. The predicted octanol–water partition coefficient (Wildman–Crippen LogP) is 2.29. The molecule has 176 valence electrons. The number of hydrogen-bond acceptors (Lipinski definition) is 6. The fraction of sp³-hybridized carbons (Fsp3) is 0.440. The highest BCUT2D eigenvalue weighted by Crippen LogP contribution is 2.39. The van der Waals surface area contributed by atoms with E-state index in [2.05, 4.69) is 17.3 Å². The van der Waals surface area contributed by atoms with Gasteiger partial charge < -0.3 is 21.1 Å². The number of aromatic nitrogens is 3. The van der Waals surface area contributed by atoms with Crippen molar-refractivity contribution in [2.45, 2.75) is 64.3 Å². The highest BCUT2D eigenvalue weighted by Gasteiger charge is 2.39. The zero-order valence-corrected chi connectivity index (χ0v) is 19.3. The number of aliphatic hydroxyl groups excluding tert-OH is 1. The number of carbonyl (C=O) groups is 2. The van der Waals surface area contributed by atoms with Crippen LogP contribution in [0.15, 0.2) is 24.4 Å². The van der Waals surface area contributed by atoms with Crippen molar-refractivity contribution in [1.82, 2.24) is 24.8 Å². The molecule has 9 nitrogen and oxygen atoms in total. The van der Waals surface area contributed by atoms with E-state index in [1.54, 1.807) is 6.20 Å². The molecule has 1 aliphatic heterocycles. The van der Waals surface area contributed by atoms with E-state index < -0.39 is 0 Å². The van der Waals surface area contributed by atoms with E-state index in [0.29, 0.717) is 36.6 Å². The smallest absolute Gasteiger partial charge is 0.259 e. The van der Waals surface area contributed by atoms with Gasteiger partial charge in [0.1, 0.15) is 5.56 Å². The average Bonchev–Trinajstić information content (AvgIpc) is 3.49. The number of fused-ring (bicyclic) bond motifs is 2. The van der Waals surface area contributed by atoms with Crippen LogP contribution in [0, 0.1) is 12.8 Å². The Morgan fingerprint density at radius 2 is 2.06 bits per heavy atom. The van der Waals surface area contributed by atoms with Gasteiger partial charge in [-0.15, -0.1) is 5.10 Å². The van der Waals surface area contributed by atoms with Crippen molar-refractivity contribution >= 4 is 23.3 Å². The highest BCUT2D eigenvalue weighted by molar-refractivity contribution is 6.04. The number of benzene rings is 1. The molecule has 0 unspecified atom stereocenters. The molecule has 2 aromatic heterocycles. The van der Waals surface area contributed by atoms with Gasteiger partial charge >= 0.3 is 0 Å². The maximum atomic E-state index is 13.1. The Morgan fingerprint density at radius 3 is 2.76 bits per heavy atom. The molecule has 2 fully saturated rings. The summed E-state index contributed by atoms with van der Waals surface area (Å²) in [6, 6.07) is 6.04. The lowest BCUT2D eigenvalue weighted by atomic mass is 9.89. The van der Waals surface area contributed by atoms with Gasteiger partial charge in [-0.3, -0.25) is 9.59 Å². The van der Waals surface area contributed by atoms with Crippen LogP contribution in [-0.2, 0) is 6.54 Å². The molecule has 0 spiro atoms. The number of amides is 2. The molecule has 34 heavy (non-hydrogen) atoms. The number of nitrogens with zero attached hydrogens (tertiary/aromatic N) is 4. The average molecular weight is 461 g/mol. The summed E-state index contributed by atoms with van der Waals surface area (Å²) in [6.07, 6.45) is 4.84. The predicted molar refractivity (Wildman–Crippen MR) is 126 cm³/mol. The number of hydrogen-bond donors (Lipinski definition) is 3. The number of aryl methyl sites for hydroxylation is 1. The van der Waals surface area contributed by atoms with Crippen LogP contribution in [0.2, 0.25) is 0 Å². The lowest BCUT2D eigenvalue weighted by Crippen LogP contribution is -2.46. The summed E-state index contributed by atoms with van der Waals surface area (Å²) in [7, 11) is 0. The van der Waals surface area contributed by atoms with Crippen LogP contribution in [0.4, 0.5) is 5.82 Å². The van der Waals surface area contributed by atoms with E-state index >= 15 is 0 Å². The molecule has 6 rings (SSSR count). The fourth-order valence-electron chi connectivity index (χ4n) is 5.29. The van der Waals surface area contributed by atoms with Gasteiger partial charge in [0.15, 0.2) is 11.5 Å². The zero-order chi connectivity index (χ0) is 23.7. The number of aliphatic hydroxyl groups is 1. The monoisotopic (exact) mass is 460 g/mol. The Bertz CT molecular complexity index is 1340. The molecule has 0 saturated heterocycles. The van der Waals surface area contributed by atoms with Crippen molar-refractivity contribution < 1.29 is 14.7 Å². The molecule has 1 atom stereocenters. The summed E-state index contributed by atoms with van der Waals surface area (Å²) in [6.45, 7) is 4.73. The van der Waals surface area contributed by atoms with E-state index in [1.165, 1.54) is 17.4 Å². The van der Waals surface area contributed by atoms with Crippen LogP contribution in [-0.4, -0.2) is 54.6 Å². The molecule has 1 aromatic carbocycles. The molecule has 2 amide bonds. The van der Waals surface area contributed by atoms with Gasteiger partial charge in [-0.1, -0.05) is 0 Å². The van der Waals surface area contributed by atoms with Crippen molar-refractivity contribution in [3.05, 3.63) is 46.6 Å². The van der Waals surface area contributed by atoms with Crippen LogP contribution < -0.4 is 11.1 Å². The van der Waals surface area contributed by atoms with Gasteiger partial charge in [0, 0.05) is 36.0 Å². The highest BCUT2D eigenvalue weighted by atomic mass is 16.3. The normalized spacial score (nSPS) is 22.6. The first-order valence-corrected chi connectivity index (χ1v) is 11.9. The maximum Gasteiger partial charge on any atom is 0.259 e. The van der Waals surface area contributed by atoms with Gasteiger partial charge in [-0.25, -0.2) is 9.50 Å². The molecule has 0 radical (unpaired) electrons. The second kappa shape index (κ2) is 7.53. The summed E-state index contributed by atoms with van der Waals surface area (Å²) in [5.41, 5.74) is 11.0. The van der Waals surface area contributed by atoms with Crippen LogP contribution >= 0.6 is 0 Å². The van der Waals surface area contributed by atoms with Crippen molar-refractivity contribution in [3.8, 4) is 11.3 Å². The van der Waals surface area contributed by atoms with E-state index in [1.807, 2.05) is 30.0 Å². The molecule has 3 heterocycles. The van der Waals surface area contributed by atoms with Gasteiger partial charge in [0.05, 0.1) is 11.8 Å². The molecular weight excluding hydrogens is 432 g/mol. The summed E-state index contributed by atoms with van der Waals surface area (Å²) in [5, 5.41) is 16.7. The quantitative estimate of drug-likeness (QED) is 0.536. The van der Waals surface area contributed by atoms with Crippen molar-refractivity contribution in [2.75, 3.05) is 5.73 Å². The van der Waals surface area contributed by atoms with Gasteiger partial charge in [0.25, 0.3) is 11.8 Å². The number of nitrogens with two attached hydrogens (primary N) is 1. The Kier molecular flexibility index (Phi) is 4.67. The first kappa shape index (κ1) is 21.1. The third-order valence-corrected chi connectivity index (χ3v) is 7.51. The number of nitrogen functional groups attached to an aromatic ring is 1. The molecule has 2 saturated carbocycles. The Hall–Kier alpha value is -3.46. The first-order chi connectivity index (χ1) is 16.3. The molecule has 0 bridgehead atoms. The van der Waals surface area contributed by atoms with E-state index in [0.717, 1.165) is 22.3 Å². The molecule has 9 heteroatoms. The maximum absolute atomic E-state index is 13.1. The Balaban J connectivity index is 1.34. The molecule has 3 aliphatic rings. The summed E-state index contributed by atoms with van der Waals surface area (Å²) < 4.78 is 1.51. The SMILES string of the molecule is Cc1cc(-c2ccn3nc(N)c(C(=O)N[C@H]4C[C@H](O)C4)c3n2)cc2c1C(=O)N([C@@H](C)C1CC1)C2. The second-order valence-corrected chi connectivity index (χ2v) is 9.98. The van der Waals surface area contributed by atoms with Crippen molar-refractivity contribution in [3.63, 3.8) is 0 Å². The van der Waals surface area contributed by atoms with E-state index in [9.17, 15) is 14.7 Å². The van der Waals surface area contributed by atoms with Gasteiger partial charge in [0.2, 0.25) is 0 Å². The standard InChI is InChI=1S/C25H28N6O3/c1-12-7-15(8-16-11-30(25(34)20(12)16)13(2)14-3-4-14)19-5-6-31-23(28-19)21(22(26)29-31)24(33)27-17-9-18(32)10-17/h5-8,13-14,17-18,32H,3-4,9-11H2,1-2H3,(H2,26,29)(H,27,33)/t13-,17-,18-/m0/s1. The molecule has 2 aliphatic carbocycles. The van der Waals surface area contributed by atoms with Gasteiger partial charge in [-0.2, -0.15) is 0 Å². The molecular formula is C25H28N6O3. The van der Waals surface area contributed by atoms with Crippen molar-refractivity contribution in [1.29, 1.82) is 0 Å². The lowest BCUT2D eigenvalue weighted by molar-refractivity contribution is 0.0563. The number of rotatable bonds is 5. The summed E-state index contributed by atoms with van der Waals surface area (Å²) in [5.74, 6) is 0.504. The van der Waals surface area contributed by atoms with Gasteiger partial charge in [-0.05, 0) is 74.8 Å². The summed E-state index contributed by atoms with van der Waals surface area (Å²) >= 11 is 0.